The summed E-state index contributed by atoms with van der Waals surface area (Å²) in [6.45, 7) is 3.56. The van der Waals surface area contributed by atoms with E-state index < -0.39 is 12.1 Å². The number of hydrogen-bond donors (Lipinski definition) is 1. The Hall–Kier alpha value is -1.03. The first-order valence-electron chi connectivity index (χ1n) is 4.72. The van der Waals surface area contributed by atoms with E-state index in [1.54, 1.807) is 6.07 Å². The Morgan fingerprint density at radius 2 is 2.27 bits per heavy atom. The zero-order chi connectivity index (χ0) is 11.4. The van der Waals surface area contributed by atoms with E-state index >= 15 is 0 Å². The Balaban J connectivity index is 2.82. The Labute approximate surface area is 97.2 Å². The Kier molecular flexibility index (Phi) is 4.15. The first kappa shape index (κ1) is 12.0. The lowest BCUT2D eigenvalue weighted by Crippen LogP contribution is -2.23. The smallest absolute Gasteiger partial charge is 0.344 e. The molecule has 0 saturated heterocycles. The van der Waals surface area contributed by atoms with E-state index in [1.807, 2.05) is 12.1 Å². The van der Waals surface area contributed by atoms with Crippen LogP contribution in [0.5, 0.6) is 5.75 Å². The van der Waals surface area contributed by atoms with Crippen molar-refractivity contribution in [3.63, 3.8) is 0 Å². The fraction of sp³-hybridized carbons (Fsp3) is 0.364. The summed E-state index contributed by atoms with van der Waals surface area (Å²) in [4.78, 5) is 10.6. The zero-order valence-corrected chi connectivity index (χ0v) is 10.2. The second-order valence-electron chi connectivity index (χ2n) is 3.22. The monoisotopic (exact) mass is 272 g/mol. The third-order valence-corrected chi connectivity index (χ3v) is 2.68. The molecule has 0 aliphatic carbocycles. The van der Waals surface area contributed by atoms with Gasteiger partial charge in [0.2, 0.25) is 0 Å². The largest absolute Gasteiger partial charge is 0.479 e. The van der Waals surface area contributed by atoms with Gasteiger partial charge in [-0.25, -0.2) is 4.79 Å². The maximum Gasteiger partial charge on any atom is 0.344 e. The zero-order valence-electron chi connectivity index (χ0n) is 8.66. The van der Waals surface area contributed by atoms with E-state index in [2.05, 4.69) is 22.9 Å². The number of carboxylic acid groups (broad SMARTS) is 1. The molecule has 1 atom stereocenters. The van der Waals surface area contributed by atoms with Gasteiger partial charge < -0.3 is 9.84 Å². The van der Waals surface area contributed by atoms with Crippen LogP contribution < -0.4 is 4.74 Å². The van der Waals surface area contributed by atoms with Crippen LogP contribution in [0, 0.1) is 0 Å². The molecule has 0 aliphatic heterocycles. The average molecular weight is 273 g/mol. The highest BCUT2D eigenvalue weighted by molar-refractivity contribution is 9.10. The van der Waals surface area contributed by atoms with Crippen molar-refractivity contribution in [2.45, 2.75) is 26.4 Å². The van der Waals surface area contributed by atoms with E-state index in [0.717, 1.165) is 10.9 Å². The molecule has 0 spiro atoms. The van der Waals surface area contributed by atoms with Gasteiger partial charge in [-0.2, -0.15) is 0 Å². The molecule has 0 heterocycles. The lowest BCUT2D eigenvalue weighted by atomic mass is 10.2. The molecule has 1 aromatic carbocycles. The quantitative estimate of drug-likeness (QED) is 0.917. The lowest BCUT2D eigenvalue weighted by molar-refractivity contribution is -0.144. The van der Waals surface area contributed by atoms with Gasteiger partial charge >= 0.3 is 5.97 Å². The van der Waals surface area contributed by atoms with Crippen LogP contribution in [0.2, 0.25) is 0 Å². The lowest BCUT2D eigenvalue weighted by Gasteiger charge is -2.12. The van der Waals surface area contributed by atoms with Gasteiger partial charge in [0.05, 0.1) is 4.47 Å². The van der Waals surface area contributed by atoms with Gasteiger partial charge in [-0.3, -0.25) is 0 Å². The van der Waals surface area contributed by atoms with Gasteiger partial charge in [0.1, 0.15) is 5.75 Å². The Morgan fingerprint density at radius 3 is 2.73 bits per heavy atom. The van der Waals surface area contributed by atoms with Gasteiger partial charge in [-0.15, -0.1) is 0 Å². The minimum Gasteiger partial charge on any atom is -0.479 e. The summed E-state index contributed by atoms with van der Waals surface area (Å²) in [5.41, 5.74) is 1.18. The highest BCUT2D eigenvalue weighted by atomic mass is 79.9. The normalized spacial score (nSPS) is 12.2. The first-order chi connectivity index (χ1) is 7.04. The van der Waals surface area contributed by atoms with Crippen LogP contribution in [0.15, 0.2) is 22.7 Å². The van der Waals surface area contributed by atoms with Crippen molar-refractivity contribution in [2.24, 2.45) is 0 Å². The highest BCUT2D eigenvalue weighted by Gasteiger charge is 2.13. The first-order valence-corrected chi connectivity index (χ1v) is 5.51. The number of carboxylic acids is 1. The SMILES string of the molecule is CCc1ccc(OC(C)C(=O)O)c(Br)c1. The minimum atomic E-state index is -0.971. The second kappa shape index (κ2) is 5.16. The van der Waals surface area contributed by atoms with Crippen molar-refractivity contribution in [2.75, 3.05) is 0 Å². The molecule has 0 bridgehead atoms. The topological polar surface area (TPSA) is 46.5 Å². The minimum absolute atomic E-state index is 0.558. The van der Waals surface area contributed by atoms with Gasteiger partial charge in [-0.05, 0) is 47.0 Å². The predicted octanol–water partition coefficient (Wildman–Crippen LogP) is 2.86. The molecular formula is C11H13BrO3. The molecule has 82 valence electrons. The van der Waals surface area contributed by atoms with Crippen LogP contribution in [0.25, 0.3) is 0 Å². The third-order valence-electron chi connectivity index (χ3n) is 2.06. The number of carbonyl (C=O) groups is 1. The van der Waals surface area contributed by atoms with Crippen LogP contribution in [-0.4, -0.2) is 17.2 Å². The van der Waals surface area contributed by atoms with Gasteiger partial charge in [0, 0.05) is 0 Å². The van der Waals surface area contributed by atoms with Crippen molar-refractivity contribution in [3.8, 4) is 5.75 Å². The molecule has 0 aliphatic rings. The fourth-order valence-electron chi connectivity index (χ4n) is 1.10. The molecule has 0 radical (unpaired) electrons. The summed E-state index contributed by atoms with van der Waals surface area (Å²) < 4.78 is 6.05. The Morgan fingerprint density at radius 1 is 1.60 bits per heavy atom. The number of benzene rings is 1. The molecule has 3 nitrogen and oxygen atoms in total. The summed E-state index contributed by atoms with van der Waals surface area (Å²) in [6, 6.07) is 5.64. The molecule has 15 heavy (non-hydrogen) atoms. The van der Waals surface area contributed by atoms with Crippen LogP contribution >= 0.6 is 15.9 Å². The third kappa shape index (κ3) is 3.23. The summed E-state index contributed by atoms with van der Waals surface area (Å²) in [5, 5.41) is 8.69. The van der Waals surface area contributed by atoms with E-state index in [4.69, 9.17) is 9.84 Å². The highest BCUT2D eigenvalue weighted by Crippen LogP contribution is 2.27. The summed E-state index contributed by atoms with van der Waals surface area (Å²) in [6.07, 6.45) is 0.0988. The van der Waals surface area contributed by atoms with Crippen molar-refractivity contribution in [3.05, 3.63) is 28.2 Å². The summed E-state index contributed by atoms with van der Waals surface area (Å²) in [7, 11) is 0. The maximum absolute atomic E-state index is 10.6. The summed E-state index contributed by atoms with van der Waals surface area (Å²) >= 11 is 3.35. The van der Waals surface area contributed by atoms with E-state index in [1.165, 1.54) is 12.5 Å². The molecule has 1 unspecified atom stereocenters. The number of aliphatic carboxylic acids is 1. The molecule has 0 amide bonds. The van der Waals surface area contributed by atoms with Crippen molar-refractivity contribution in [1.29, 1.82) is 0 Å². The van der Waals surface area contributed by atoms with Crippen LogP contribution in [-0.2, 0) is 11.2 Å². The van der Waals surface area contributed by atoms with Crippen molar-refractivity contribution in [1.82, 2.24) is 0 Å². The van der Waals surface area contributed by atoms with Crippen molar-refractivity contribution < 1.29 is 14.6 Å². The van der Waals surface area contributed by atoms with E-state index in [-0.39, 0.29) is 0 Å². The number of ether oxygens (including phenoxy) is 1. The van der Waals surface area contributed by atoms with Crippen LogP contribution in [0.4, 0.5) is 0 Å². The Bertz CT molecular complexity index is 363. The predicted molar refractivity (Wildman–Crippen MR) is 61.2 cm³/mol. The molecular weight excluding hydrogens is 260 g/mol. The van der Waals surface area contributed by atoms with Gasteiger partial charge in [-0.1, -0.05) is 13.0 Å². The van der Waals surface area contributed by atoms with E-state index in [0.29, 0.717) is 5.75 Å². The molecule has 4 heteroatoms. The van der Waals surface area contributed by atoms with Gasteiger partial charge in [0.25, 0.3) is 0 Å². The number of aryl methyl sites for hydroxylation is 1. The van der Waals surface area contributed by atoms with Crippen molar-refractivity contribution >= 4 is 21.9 Å². The van der Waals surface area contributed by atoms with Crippen LogP contribution in [0.1, 0.15) is 19.4 Å². The molecule has 0 fully saturated rings. The molecule has 0 aromatic heterocycles. The standard InChI is InChI=1S/C11H13BrO3/c1-3-8-4-5-10(9(12)6-8)15-7(2)11(13)14/h4-7H,3H2,1-2H3,(H,13,14). The fourth-order valence-corrected chi connectivity index (χ4v) is 1.62. The maximum atomic E-state index is 10.6. The van der Waals surface area contributed by atoms with Crippen LogP contribution in [0.3, 0.4) is 0 Å². The molecule has 1 N–H and O–H groups in total. The summed E-state index contributed by atoms with van der Waals surface area (Å²) in [5.74, 6) is -0.413. The second-order valence-corrected chi connectivity index (χ2v) is 4.07. The molecule has 1 rings (SSSR count). The average Bonchev–Trinajstić information content (AvgIpc) is 2.20. The molecule has 1 aromatic rings. The number of halogens is 1. The van der Waals surface area contributed by atoms with E-state index in [9.17, 15) is 4.79 Å². The number of rotatable bonds is 4. The molecule has 0 saturated carbocycles. The van der Waals surface area contributed by atoms with Gasteiger partial charge in [0.15, 0.2) is 6.10 Å². The number of hydrogen-bond acceptors (Lipinski definition) is 2.